The topological polar surface area (TPSA) is 122 Å². The number of hydrogen-bond acceptors (Lipinski definition) is 6. The van der Waals surface area contributed by atoms with Gasteiger partial charge in [-0.1, -0.05) is 52.0 Å². The molecule has 230 valence electrons. The van der Waals surface area contributed by atoms with E-state index in [1.165, 1.54) is 57.2 Å². The Balaban J connectivity index is 2.02. The average Bonchev–Trinajstić information content (AvgIpc) is 3.22. The average molecular weight is 610 g/mol. The smallest absolute Gasteiger partial charge is 0.394 e. The molecule has 2 aromatic carbocycles. The number of carbonyl (C=O) groups is 1. The van der Waals surface area contributed by atoms with Crippen molar-refractivity contribution in [3.8, 4) is 0 Å². The first-order valence-corrected chi connectivity index (χ1v) is 15.1. The molecule has 1 heterocycles. The van der Waals surface area contributed by atoms with Crippen LogP contribution in [0.2, 0.25) is 0 Å². The molecule has 0 bridgehead atoms. The maximum Gasteiger partial charge on any atom is 0.416 e. The molecule has 0 unspecified atom stereocenters. The zero-order valence-electron chi connectivity index (χ0n) is 24.8. The van der Waals surface area contributed by atoms with Crippen LogP contribution in [0.15, 0.2) is 47.4 Å². The molecular weight excluding hydrogens is 571 g/mol. The lowest BCUT2D eigenvalue weighted by Gasteiger charge is -2.24. The zero-order valence-corrected chi connectivity index (χ0v) is 25.6. The summed E-state index contributed by atoms with van der Waals surface area (Å²) in [5.41, 5.74) is -2.16. The molecule has 0 spiro atoms. The van der Waals surface area contributed by atoms with Crippen molar-refractivity contribution in [1.82, 2.24) is 14.9 Å². The van der Waals surface area contributed by atoms with E-state index in [9.17, 15) is 36.6 Å². The molecule has 1 amide bonds. The number of amides is 1. The van der Waals surface area contributed by atoms with Crippen molar-refractivity contribution in [3.63, 3.8) is 0 Å². The van der Waals surface area contributed by atoms with Crippen molar-refractivity contribution in [1.29, 1.82) is 0 Å². The van der Waals surface area contributed by atoms with Crippen LogP contribution in [0.25, 0.3) is 0 Å². The first-order valence-electron chi connectivity index (χ1n) is 13.5. The molecule has 0 radical (unpaired) electrons. The lowest BCUT2D eigenvalue weighted by Crippen LogP contribution is -2.31. The molecule has 1 atom stereocenters. The highest BCUT2D eigenvalue weighted by atomic mass is 32.2. The Morgan fingerprint density at radius 3 is 2.12 bits per heavy atom. The van der Waals surface area contributed by atoms with Gasteiger partial charge >= 0.3 is 6.18 Å². The van der Waals surface area contributed by atoms with Crippen molar-refractivity contribution in [2.24, 2.45) is 0 Å². The van der Waals surface area contributed by atoms with E-state index in [4.69, 9.17) is 0 Å². The summed E-state index contributed by atoms with van der Waals surface area (Å²) in [5, 5.41) is 23.0. The largest absolute Gasteiger partial charge is 0.416 e. The first kappa shape index (κ1) is 33.3. The van der Waals surface area contributed by atoms with Gasteiger partial charge < -0.3 is 20.1 Å². The molecule has 42 heavy (non-hydrogen) atoms. The number of imidazole rings is 1. The second kappa shape index (κ2) is 11.8. The van der Waals surface area contributed by atoms with Crippen LogP contribution >= 0.6 is 0 Å². The number of aromatic nitrogens is 2. The molecule has 0 aliphatic heterocycles. The van der Waals surface area contributed by atoms with E-state index in [2.05, 4.69) is 10.3 Å². The van der Waals surface area contributed by atoms with Gasteiger partial charge in [0.15, 0.2) is 9.84 Å². The minimum Gasteiger partial charge on any atom is -0.394 e. The first-order chi connectivity index (χ1) is 19.2. The fraction of sp³-hybridized carbons (Fsp3) is 0.467. The Morgan fingerprint density at radius 1 is 1.05 bits per heavy atom. The minimum atomic E-state index is -4.69. The number of alkyl halides is 3. The standard InChI is InChI=1S/C30H38F3N3O5S/c1-8-42(40,41)22-13-10-19(11-14-22)24(17-37)34-26(38)25-18(2)36(27(35-25)28(3,4)5)16-20-9-12-21(29(6,7)39)15-23(20)30(31,32)33/h9-15,24,37,39H,8,16-17H2,1-7H3,(H,34,38)/t24-/m0/s1. The van der Waals surface area contributed by atoms with Gasteiger partial charge in [0.05, 0.1) is 34.5 Å². The molecule has 0 aliphatic rings. The highest BCUT2D eigenvalue weighted by molar-refractivity contribution is 7.91. The number of rotatable bonds is 9. The summed E-state index contributed by atoms with van der Waals surface area (Å²) in [6, 6.07) is 8.65. The van der Waals surface area contributed by atoms with E-state index < -0.39 is 51.1 Å². The molecule has 3 N–H and O–H groups in total. The van der Waals surface area contributed by atoms with Crippen molar-refractivity contribution >= 4 is 15.7 Å². The molecule has 12 heteroatoms. The summed E-state index contributed by atoms with van der Waals surface area (Å²) in [5.74, 6) is -0.326. The van der Waals surface area contributed by atoms with E-state index >= 15 is 0 Å². The van der Waals surface area contributed by atoms with Gasteiger partial charge in [-0.3, -0.25) is 4.79 Å². The van der Waals surface area contributed by atoms with E-state index in [-0.39, 0.29) is 34.0 Å². The van der Waals surface area contributed by atoms with Crippen LogP contribution in [0.3, 0.4) is 0 Å². The summed E-state index contributed by atoms with van der Waals surface area (Å²) in [7, 11) is -3.43. The van der Waals surface area contributed by atoms with Crippen LogP contribution < -0.4 is 5.32 Å². The lowest BCUT2D eigenvalue weighted by molar-refractivity contribution is -0.138. The monoisotopic (exact) mass is 609 g/mol. The second-order valence-corrected chi connectivity index (χ2v) is 14.1. The van der Waals surface area contributed by atoms with E-state index in [1.54, 1.807) is 11.5 Å². The molecule has 3 rings (SSSR count). The van der Waals surface area contributed by atoms with Crippen LogP contribution in [0, 0.1) is 6.92 Å². The highest BCUT2D eigenvalue weighted by Crippen LogP contribution is 2.36. The third-order valence-electron chi connectivity index (χ3n) is 7.07. The number of aliphatic hydroxyl groups is 2. The van der Waals surface area contributed by atoms with Crippen molar-refractivity contribution < 1.29 is 36.6 Å². The van der Waals surface area contributed by atoms with E-state index in [0.717, 1.165) is 6.07 Å². The van der Waals surface area contributed by atoms with Gasteiger partial charge in [0.25, 0.3) is 5.91 Å². The van der Waals surface area contributed by atoms with Gasteiger partial charge in [-0.05, 0) is 55.7 Å². The maximum atomic E-state index is 14.1. The number of hydrogen-bond donors (Lipinski definition) is 3. The summed E-state index contributed by atoms with van der Waals surface area (Å²) < 4.78 is 68.2. The van der Waals surface area contributed by atoms with Crippen molar-refractivity contribution in [3.05, 3.63) is 81.9 Å². The van der Waals surface area contributed by atoms with Crippen LogP contribution in [0.4, 0.5) is 13.2 Å². The maximum absolute atomic E-state index is 14.1. The molecular formula is C30H38F3N3O5S. The van der Waals surface area contributed by atoms with Gasteiger partial charge in [-0.15, -0.1) is 0 Å². The van der Waals surface area contributed by atoms with Crippen LogP contribution in [0.5, 0.6) is 0 Å². The molecule has 0 saturated heterocycles. The van der Waals surface area contributed by atoms with Crippen molar-refractivity contribution in [2.45, 2.75) is 83.1 Å². The predicted molar refractivity (Wildman–Crippen MR) is 153 cm³/mol. The number of sulfone groups is 1. The molecule has 0 aliphatic carbocycles. The molecule has 8 nitrogen and oxygen atoms in total. The third-order valence-corrected chi connectivity index (χ3v) is 8.82. The highest BCUT2D eigenvalue weighted by Gasteiger charge is 2.36. The predicted octanol–water partition coefficient (Wildman–Crippen LogP) is 5.04. The molecule has 0 fully saturated rings. The van der Waals surface area contributed by atoms with Crippen LogP contribution in [-0.2, 0) is 33.6 Å². The van der Waals surface area contributed by atoms with E-state index in [0.29, 0.717) is 17.1 Å². The van der Waals surface area contributed by atoms with Crippen molar-refractivity contribution in [2.75, 3.05) is 12.4 Å². The normalized spacial score (nSPS) is 13.7. The van der Waals surface area contributed by atoms with Gasteiger partial charge in [0.1, 0.15) is 11.5 Å². The Labute approximate surface area is 244 Å². The van der Waals surface area contributed by atoms with E-state index in [1.807, 2.05) is 20.8 Å². The number of benzene rings is 2. The minimum absolute atomic E-state index is 0.00905. The summed E-state index contributed by atoms with van der Waals surface area (Å²) in [4.78, 5) is 18.1. The van der Waals surface area contributed by atoms with Gasteiger partial charge in [0.2, 0.25) is 0 Å². The quantitative estimate of drug-likeness (QED) is 0.313. The zero-order chi connectivity index (χ0) is 31.8. The van der Waals surface area contributed by atoms with Gasteiger partial charge in [-0.25, -0.2) is 13.4 Å². The summed E-state index contributed by atoms with van der Waals surface area (Å²) in [6.45, 7) is 10.7. The van der Waals surface area contributed by atoms with Gasteiger partial charge in [0, 0.05) is 17.7 Å². The number of nitrogens with zero attached hydrogens (tertiary/aromatic N) is 2. The fourth-order valence-electron chi connectivity index (χ4n) is 4.58. The Hall–Kier alpha value is -3.22. The van der Waals surface area contributed by atoms with Crippen LogP contribution in [0.1, 0.15) is 91.8 Å². The number of nitrogens with one attached hydrogen (secondary N) is 1. The fourth-order valence-corrected chi connectivity index (χ4v) is 5.46. The molecule has 3 aromatic rings. The van der Waals surface area contributed by atoms with Gasteiger partial charge in [-0.2, -0.15) is 13.2 Å². The number of carbonyl (C=O) groups excluding carboxylic acids is 1. The Kier molecular flexibility index (Phi) is 9.36. The molecule has 1 aromatic heterocycles. The van der Waals surface area contributed by atoms with Crippen LogP contribution in [-0.4, -0.2) is 46.4 Å². The second-order valence-electron chi connectivity index (χ2n) is 11.8. The SMILES string of the molecule is CCS(=O)(=O)c1ccc([C@H](CO)NC(=O)c2nc(C(C)(C)C)n(Cc3ccc(C(C)(C)O)cc3C(F)(F)F)c2C)cc1. The Morgan fingerprint density at radius 2 is 1.64 bits per heavy atom. The number of halogens is 3. The summed E-state index contributed by atoms with van der Waals surface area (Å²) >= 11 is 0. The lowest BCUT2D eigenvalue weighted by atomic mass is 9.93. The third kappa shape index (κ3) is 7.22. The number of aliphatic hydroxyl groups excluding tert-OH is 1. The summed E-state index contributed by atoms with van der Waals surface area (Å²) in [6.07, 6.45) is -4.69. The molecule has 0 saturated carbocycles. The Bertz CT molecular complexity index is 1550.